The van der Waals surface area contributed by atoms with Crippen LogP contribution in [0.25, 0.3) is 0 Å². The minimum atomic E-state index is -4.17. The van der Waals surface area contributed by atoms with Crippen molar-refractivity contribution >= 4 is 50.8 Å². The maximum atomic E-state index is 13.0. The molecule has 1 unspecified atom stereocenters. The summed E-state index contributed by atoms with van der Waals surface area (Å²) >= 11 is 12.0. The smallest absolute Gasteiger partial charge is 0.339 e. The Kier molecular flexibility index (Phi) is 7.20. The Balaban J connectivity index is 1.91. The summed E-state index contributed by atoms with van der Waals surface area (Å²) in [6.07, 6.45) is -1.32. The number of sulfonamides is 1. The Labute approximate surface area is 195 Å². The molecule has 0 radical (unpaired) electrons. The molecular weight excluding hydrogens is 475 g/mol. The first-order valence-corrected chi connectivity index (χ1v) is 11.5. The van der Waals surface area contributed by atoms with E-state index in [1.54, 1.807) is 48.5 Å². The number of primary sulfonamides is 1. The van der Waals surface area contributed by atoms with Crippen LogP contribution in [-0.2, 0) is 19.6 Å². The second kappa shape index (κ2) is 9.70. The van der Waals surface area contributed by atoms with E-state index >= 15 is 0 Å². The number of amides is 1. The van der Waals surface area contributed by atoms with E-state index in [0.717, 1.165) is 11.6 Å². The van der Waals surface area contributed by atoms with Gasteiger partial charge in [0.05, 0.1) is 10.6 Å². The molecular formula is C22H18Cl2N2O5S. The van der Waals surface area contributed by atoms with Gasteiger partial charge in [-0.25, -0.2) is 18.4 Å². The van der Waals surface area contributed by atoms with Gasteiger partial charge in [0.2, 0.25) is 16.1 Å². The number of rotatable bonds is 6. The fourth-order valence-corrected chi connectivity index (χ4v) is 4.05. The molecule has 0 aromatic heterocycles. The van der Waals surface area contributed by atoms with E-state index in [1.807, 2.05) is 6.92 Å². The first-order chi connectivity index (χ1) is 15.1. The van der Waals surface area contributed by atoms with E-state index in [0.29, 0.717) is 16.3 Å². The van der Waals surface area contributed by atoms with Gasteiger partial charge in [0.1, 0.15) is 4.90 Å². The molecule has 0 saturated heterocycles. The van der Waals surface area contributed by atoms with Crippen LogP contribution in [0, 0.1) is 6.92 Å². The van der Waals surface area contributed by atoms with Gasteiger partial charge >= 0.3 is 5.97 Å². The molecule has 0 saturated carbocycles. The molecule has 166 valence electrons. The van der Waals surface area contributed by atoms with Crippen LogP contribution in [0.2, 0.25) is 10.0 Å². The standard InChI is InChI=1S/C22H18Cl2N2O5S/c1-13-7-9-16(12-18(13)24)26-21(27)20(14-5-3-2-4-6-14)31-22(28)15-8-10-17(23)19(11-15)32(25,29)30/h2-12,20H,1H3,(H,26,27)(H2,25,29,30). The molecule has 3 aromatic carbocycles. The third-order valence-electron chi connectivity index (χ3n) is 4.48. The van der Waals surface area contributed by atoms with Crippen molar-refractivity contribution in [3.8, 4) is 0 Å². The third-order valence-corrected chi connectivity index (χ3v) is 6.28. The summed E-state index contributed by atoms with van der Waals surface area (Å²) in [4.78, 5) is 25.3. The van der Waals surface area contributed by atoms with Crippen LogP contribution in [0.4, 0.5) is 5.69 Å². The van der Waals surface area contributed by atoms with Crippen molar-refractivity contribution < 1.29 is 22.7 Å². The van der Waals surface area contributed by atoms with Crippen molar-refractivity contribution in [2.45, 2.75) is 17.9 Å². The zero-order valence-electron chi connectivity index (χ0n) is 16.7. The molecule has 1 amide bonds. The molecule has 7 nitrogen and oxygen atoms in total. The number of nitrogens with one attached hydrogen (secondary N) is 1. The summed E-state index contributed by atoms with van der Waals surface area (Å²) in [7, 11) is -4.17. The number of hydrogen-bond donors (Lipinski definition) is 2. The van der Waals surface area contributed by atoms with Crippen molar-refractivity contribution in [2.24, 2.45) is 5.14 Å². The van der Waals surface area contributed by atoms with Crippen LogP contribution in [0.3, 0.4) is 0 Å². The maximum Gasteiger partial charge on any atom is 0.339 e. The van der Waals surface area contributed by atoms with Gasteiger partial charge in [0.25, 0.3) is 5.91 Å². The van der Waals surface area contributed by atoms with Crippen LogP contribution in [0.5, 0.6) is 0 Å². The highest BCUT2D eigenvalue weighted by Crippen LogP contribution is 2.26. The van der Waals surface area contributed by atoms with Crippen LogP contribution in [-0.4, -0.2) is 20.3 Å². The number of carbonyl (C=O) groups excluding carboxylic acids is 2. The molecule has 3 aromatic rings. The summed E-state index contributed by atoms with van der Waals surface area (Å²) < 4.78 is 28.9. The Hall–Kier alpha value is -2.91. The number of aryl methyl sites for hydroxylation is 1. The quantitative estimate of drug-likeness (QED) is 0.491. The highest BCUT2D eigenvalue weighted by atomic mass is 35.5. The number of anilines is 1. The van der Waals surface area contributed by atoms with Crippen LogP contribution in [0.15, 0.2) is 71.6 Å². The zero-order valence-corrected chi connectivity index (χ0v) is 19.0. The van der Waals surface area contributed by atoms with E-state index in [1.165, 1.54) is 12.1 Å². The van der Waals surface area contributed by atoms with E-state index in [9.17, 15) is 18.0 Å². The molecule has 0 aliphatic heterocycles. The van der Waals surface area contributed by atoms with Gasteiger partial charge in [0.15, 0.2) is 0 Å². The van der Waals surface area contributed by atoms with Gasteiger partial charge in [-0.1, -0.05) is 59.6 Å². The van der Waals surface area contributed by atoms with Gasteiger partial charge in [-0.2, -0.15) is 0 Å². The van der Waals surface area contributed by atoms with E-state index < -0.39 is 32.9 Å². The second-order valence-electron chi connectivity index (χ2n) is 6.84. The summed E-state index contributed by atoms with van der Waals surface area (Å²) in [6, 6.07) is 16.8. The minimum absolute atomic E-state index is 0.134. The molecule has 0 bridgehead atoms. The van der Waals surface area contributed by atoms with E-state index in [4.69, 9.17) is 33.1 Å². The lowest BCUT2D eigenvalue weighted by molar-refractivity contribution is -0.125. The van der Waals surface area contributed by atoms with Crippen molar-refractivity contribution in [3.05, 3.63) is 93.5 Å². The number of halogens is 2. The molecule has 0 fully saturated rings. The Bertz CT molecular complexity index is 1280. The zero-order chi connectivity index (χ0) is 23.5. The van der Waals surface area contributed by atoms with Crippen molar-refractivity contribution in [1.29, 1.82) is 0 Å². The lowest BCUT2D eigenvalue weighted by atomic mass is 10.1. The number of benzene rings is 3. The lowest BCUT2D eigenvalue weighted by Gasteiger charge is -2.18. The highest BCUT2D eigenvalue weighted by Gasteiger charge is 2.27. The molecule has 0 aliphatic rings. The molecule has 0 heterocycles. The predicted molar refractivity (Wildman–Crippen MR) is 122 cm³/mol. The number of hydrogen-bond acceptors (Lipinski definition) is 5. The first-order valence-electron chi connectivity index (χ1n) is 9.21. The highest BCUT2D eigenvalue weighted by molar-refractivity contribution is 7.89. The number of ether oxygens (including phenoxy) is 1. The second-order valence-corrected chi connectivity index (χ2v) is 9.18. The van der Waals surface area contributed by atoms with Gasteiger partial charge < -0.3 is 10.1 Å². The van der Waals surface area contributed by atoms with Gasteiger partial charge in [0, 0.05) is 16.3 Å². The van der Waals surface area contributed by atoms with Crippen LogP contribution >= 0.6 is 23.2 Å². The Morgan fingerprint density at radius 3 is 2.28 bits per heavy atom. The number of nitrogens with two attached hydrogens (primary N) is 1. The van der Waals surface area contributed by atoms with Gasteiger partial charge in [-0.15, -0.1) is 0 Å². The summed E-state index contributed by atoms with van der Waals surface area (Å²) in [5.41, 5.74) is 1.54. The largest absolute Gasteiger partial charge is 0.444 e. The third kappa shape index (κ3) is 5.66. The van der Waals surface area contributed by atoms with Crippen molar-refractivity contribution in [3.63, 3.8) is 0 Å². The van der Waals surface area contributed by atoms with Crippen LogP contribution < -0.4 is 10.5 Å². The minimum Gasteiger partial charge on any atom is -0.444 e. The van der Waals surface area contributed by atoms with Gasteiger partial charge in [-0.3, -0.25) is 4.79 Å². The topological polar surface area (TPSA) is 116 Å². The number of carbonyl (C=O) groups is 2. The SMILES string of the molecule is Cc1ccc(NC(=O)C(OC(=O)c2ccc(Cl)c(S(N)(=O)=O)c2)c2ccccc2)cc1Cl. The monoisotopic (exact) mass is 492 g/mol. The average molecular weight is 493 g/mol. The molecule has 1 atom stereocenters. The predicted octanol–water partition coefficient (Wildman–Crippen LogP) is 4.49. The molecule has 0 aliphatic carbocycles. The fraction of sp³-hybridized carbons (Fsp3) is 0.0909. The average Bonchev–Trinajstić information content (AvgIpc) is 2.74. The Morgan fingerprint density at radius 2 is 1.66 bits per heavy atom. The molecule has 0 spiro atoms. The van der Waals surface area contributed by atoms with Crippen molar-refractivity contribution in [2.75, 3.05) is 5.32 Å². The molecule has 10 heteroatoms. The van der Waals surface area contributed by atoms with Crippen LogP contribution in [0.1, 0.15) is 27.6 Å². The maximum absolute atomic E-state index is 13.0. The molecule has 3 N–H and O–H groups in total. The van der Waals surface area contributed by atoms with E-state index in [-0.39, 0.29) is 10.6 Å². The normalized spacial score (nSPS) is 12.1. The molecule has 32 heavy (non-hydrogen) atoms. The summed E-state index contributed by atoms with van der Waals surface area (Å²) in [5.74, 6) is -1.55. The number of esters is 1. The summed E-state index contributed by atoms with van der Waals surface area (Å²) in [6.45, 7) is 1.82. The summed E-state index contributed by atoms with van der Waals surface area (Å²) in [5, 5.41) is 8.13. The molecule has 3 rings (SSSR count). The Morgan fingerprint density at radius 1 is 0.969 bits per heavy atom. The van der Waals surface area contributed by atoms with Crippen molar-refractivity contribution in [1.82, 2.24) is 0 Å². The van der Waals surface area contributed by atoms with Gasteiger partial charge in [-0.05, 0) is 42.8 Å². The fourth-order valence-electron chi connectivity index (χ4n) is 2.80. The first kappa shape index (κ1) is 23.7. The van der Waals surface area contributed by atoms with E-state index in [2.05, 4.69) is 5.32 Å². The lowest BCUT2D eigenvalue weighted by Crippen LogP contribution is -2.26.